The van der Waals surface area contributed by atoms with Crippen LogP contribution in [0.1, 0.15) is 76.3 Å². The maximum absolute atomic E-state index is 10.7. The van der Waals surface area contributed by atoms with Crippen LogP contribution in [0.3, 0.4) is 0 Å². The van der Waals surface area contributed by atoms with E-state index in [9.17, 15) is 4.79 Å². The van der Waals surface area contributed by atoms with Gasteiger partial charge in [-0.1, -0.05) is 83.7 Å². The number of benzene rings is 2. The van der Waals surface area contributed by atoms with Crippen molar-refractivity contribution in [1.82, 2.24) is 0 Å². The third-order valence-corrected chi connectivity index (χ3v) is 17.2. The summed E-state index contributed by atoms with van der Waals surface area (Å²) in [5, 5.41) is 9.09. The molecule has 0 unspecified atom stereocenters. The zero-order valence-electron chi connectivity index (χ0n) is 26.4. The summed E-state index contributed by atoms with van der Waals surface area (Å²) in [6.45, 7) is 25.8. The highest BCUT2D eigenvalue weighted by molar-refractivity contribution is 6.74. The molecule has 40 heavy (non-hydrogen) atoms. The van der Waals surface area contributed by atoms with Crippen molar-refractivity contribution in [3.05, 3.63) is 88.5 Å². The van der Waals surface area contributed by atoms with Crippen molar-refractivity contribution in [3.8, 4) is 11.8 Å². The van der Waals surface area contributed by atoms with Gasteiger partial charge in [0.15, 0.2) is 16.6 Å². The summed E-state index contributed by atoms with van der Waals surface area (Å²) in [5.74, 6) is 5.68. The molecule has 2 rings (SSSR count). The molecular weight excluding hydrogens is 529 g/mol. The molecule has 0 bridgehead atoms. The molecule has 1 N–H and O–H groups in total. The molecule has 216 valence electrons. The number of hydrogen-bond acceptors (Lipinski definition) is 3. The van der Waals surface area contributed by atoms with Crippen LogP contribution >= 0.6 is 0 Å². The molecule has 0 aliphatic rings. The molecule has 0 aliphatic heterocycles. The first kappa shape index (κ1) is 33.5. The van der Waals surface area contributed by atoms with Crippen molar-refractivity contribution < 1.29 is 18.8 Å². The van der Waals surface area contributed by atoms with E-state index in [0.717, 1.165) is 39.5 Å². The van der Waals surface area contributed by atoms with E-state index in [-0.39, 0.29) is 10.1 Å². The lowest BCUT2D eigenvalue weighted by Gasteiger charge is -2.37. The molecule has 0 aliphatic carbocycles. The van der Waals surface area contributed by atoms with E-state index < -0.39 is 22.6 Å². The Bertz CT molecular complexity index is 1310. The highest BCUT2D eigenvalue weighted by atomic mass is 28.4. The van der Waals surface area contributed by atoms with Crippen molar-refractivity contribution in [3.63, 3.8) is 0 Å². The maximum Gasteiger partial charge on any atom is 0.328 e. The standard InChI is InChI=1S/C34H48O4Si2/c1-26(14-12-17-32(35)36)29-16-13-15-27(22-29)18-19-28-20-21-30(24-37-39(8,9)33(2,3)4)31(23-28)25-38-40(10,11)34(5,6)7/h12-17,20-23H,24-25H2,1-11H3,(H,35,36)/b17-12+,26-14-. The molecule has 2 aromatic carbocycles. The van der Waals surface area contributed by atoms with E-state index in [1.54, 1.807) is 12.2 Å². The molecule has 0 saturated heterocycles. The molecule has 0 saturated carbocycles. The van der Waals surface area contributed by atoms with E-state index in [4.69, 9.17) is 14.0 Å². The second-order valence-electron chi connectivity index (χ2n) is 13.5. The summed E-state index contributed by atoms with van der Waals surface area (Å²) in [4.78, 5) is 10.7. The summed E-state index contributed by atoms with van der Waals surface area (Å²) in [6, 6.07) is 14.3. The predicted molar refractivity (Wildman–Crippen MR) is 173 cm³/mol. The molecule has 0 amide bonds. The van der Waals surface area contributed by atoms with Gasteiger partial charge in [-0.2, -0.15) is 0 Å². The van der Waals surface area contributed by atoms with Crippen molar-refractivity contribution in [2.75, 3.05) is 0 Å². The van der Waals surface area contributed by atoms with Gasteiger partial charge in [0.1, 0.15) is 0 Å². The normalized spacial score (nSPS) is 13.3. The number of hydrogen-bond donors (Lipinski definition) is 1. The van der Waals surface area contributed by atoms with Crippen LogP contribution in [0.25, 0.3) is 5.57 Å². The summed E-state index contributed by atoms with van der Waals surface area (Å²) in [7, 11) is -3.83. The third kappa shape index (κ3) is 9.74. The highest BCUT2D eigenvalue weighted by Crippen LogP contribution is 2.38. The first-order chi connectivity index (χ1) is 18.3. The maximum atomic E-state index is 10.7. The summed E-state index contributed by atoms with van der Waals surface area (Å²) >= 11 is 0. The molecule has 0 aromatic heterocycles. The van der Waals surface area contributed by atoms with Crippen LogP contribution in [0.15, 0.2) is 60.7 Å². The van der Waals surface area contributed by atoms with Gasteiger partial charge in [-0.05, 0) is 89.7 Å². The Morgan fingerprint density at radius 2 is 1.35 bits per heavy atom. The minimum atomic E-state index is -1.93. The van der Waals surface area contributed by atoms with E-state index in [1.807, 2.05) is 31.2 Å². The molecular formula is C34H48O4Si2. The van der Waals surface area contributed by atoms with Crippen LogP contribution in [0.4, 0.5) is 0 Å². The Kier molecular flexibility index (Phi) is 11.2. The second kappa shape index (κ2) is 13.3. The van der Waals surface area contributed by atoms with E-state index in [1.165, 1.54) is 0 Å². The minimum absolute atomic E-state index is 0.128. The van der Waals surface area contributed by atoms with Gasteiger partial charge in [0, 0.05) is 17.2 Å². The SMILES string of the molecule is C/C(=C/C=C/C(=O)O)c1cccc(C#Cc2ccc(CO[Si](C)(C)C(C)(C)C)c(CO[Si](C)(C)C(C)(C)C)c2)c1. The van der Waals surface area contributed by atoms with Gasteiger partial charge in [0.2, 0.25) is 0 Å². The van der Waals surface area contributed by atoms with Gasteiger partial charge in [-0.25, -0.2) is 4.79 Å². The van der Waals surface area contributed by atoms with Crippen molar-refractivity contribution in [1.29, 1.82) is 0 Å². The summed E-state index contributed by atoms with van der Waals surface area (Å²) in [6.07, 6.45) is 4.46. The van der Waals surface area contributed by atoms with E-state index in [2.05, 4.69) is 97.8 Å². The molecule has 2 aromatic rings. The molecule has 0 atom stereocenters. The minimum Gasteiger partial charge on any atom is -0.478 e. The number of carbonyl (C=O) groups is 1. The largest absolute Gasteiger partial charge is 0.478 e. The average Bonchev–Trinajstić information content (AvgIpc) is 2.84. The molecule has 0 fully saturated rings. The van der Waals surface area contributed by atoms with Crippen molar-refractivity contribution >= 4 is 28.2 Å². The Balaban J connectivity index is 2.38. The highest BCUT2D eigenvalue weighted by Gasteiger charge is 2.38. The van der Waals surface area contributed by atoms with Crippen LogP contribution in [-0.4, -0.2) is 27.7 Å². The molecule has 0 radical (unpaired) electrons. The fourth-order valence-electron chi connectivity index (χ4n) is 3.29. The van der Waals surface area contributed by atoms with Crippen LogP contribution in [0.5, 0.6) is 0 Å². The predicted octanol–water partition coefficient (Wildman–Crippen LogP) is 9.17. The molecule has 6 heteroatoms. The monoisotopic (exact) mass is 576 g/mol. The number of allylic oxidation sites excluding steroid dienone is 3. The topological polar surface area (TPSA) is 55.8 Å². The van der Waals surface area contributed by atoms with Crippen LogP contribution in [0, 0.1) is 11.8 Å². The van der Waals surface area contributed by atoms with Crippen LogP contribution < -0.4 is 0 Å². The lowest BCUT2D eigenvalue weighted by Crippen LogP contribution is -2.41. The van der Waals surface area contributed by atoms with Crippen molar-refractivity contribution in [2.45, 2.75) is 97.9 Å². The van der Waals surface area contributed by atoms with Crippen LogP contribution in [0.2, 0.25) is 36.3 Å². The second-order valence-corrected chi connectivity index (χ2v) is 23.1. The Morgan fingerprint density at radius 3 is 1.88 bits per heavy atom. The van der Waals surface area contributed by atoms with Gasteiger partial charge < -0.3 is 14.0 Å². The smallest absolute Gasteiger partial charge is 0.328 e. The zero-order valence-corrected chi connectivity index (χ0v) is 28.4. The van der Waals surface area contributed by atoms with E-state index in [0.29, 0.717) is 13.2 Å². The first-order valence-electron chi connectivity index (χ1n) is 13.9. The first-order valence-corrected chi connectivity index (χ1v) is 19.7. The number of carboxylic acids is 1. The summed E-state index contributed by atoms with van der Waals surface area (Å²) < 4.78 is 13.2. The molecule has 4 nitrogen and oxygen atoms in total. The molecule has 0 heterocycles. The van der Waals surface area contributed by atoms with Gasteiger partial charge in [-0.15, -0.1) is 0 Å². The Labute approximate surface area is 244 Å². The fourth-order valence-corrected chi connectivity index (χ4v) is 5.18. The zero-order chi connectivity index (χ0) is 30.4. The van der Waals surface area contributed by atoms with Gasteiger partial charge in [-0.3, -0.25) is 0 Å². The number of carboxylic acid groups (broad SMARTS) is 1. The van der Waals surface area contributed by atoms with Gasteiger partial charge >= 0.3 is 5.97 Å². The lowest BCUT2D eigenvalue weighted by molar-refractivity contribution is -0.131. The lowest BCUT2D eigenvalue weighted by atomic mass is 10.0. The quantitative estimate of drug-likeness (QED) is 0.140. The number of rotatable bonds is 9. The fraction of sp³-hybridized carbons (Fsp3) is 0.441. The number of aliphatic carboxylic acids is 1. The average molecular weight is 577 g/mol. The third-order valence-electron chi connectivity index (χ3n) is 8.25. The van der Waals surface area contributed by atoms with E-state index >= 15 is 0 Å². The van der Waals surface area contributed by atoms with Gasteiger partial charge in [0.05, 0.1) is 13.2 Å². The molecule has 0 spiro atoms. The van der Waals surface area contributed by atoms with Crippen LogP contribution in [-0.2, 0) is 26.9 Å². The Morgan fingerprint density at radius 1 is 0.825 bits per heavy atom. The summed E-state index contributed by atoms with van der Waals surface area (Å²) in [5.41, 5.74) is 6.10. The van der Waals surface area contributed by atoms with Crippen molar-refractivity contribution in [2.24, 2.45) is 0 Å². The van der Waals surface area contributed by atoms with Gasteiger partial charge in [0.25, 0.3) is 0 Å². The Hall–Kier alpha value is -2.70.